The molecule has 92 valence electrons. The van der Waals surface area contributed by atoms with E-state index in [1.54, 1.807) is 4.90 Å². The third-order valence-electron chi connectivity index (χ3n) is 1.55. The van der Waals surface area contributed by atoms with Crippen molar-refractivity contribution in [1.29, 1.82) is 0 Å². The van der Waals surface area contributed by atoms with E-state index in [1.165, 1.54) is 26.2 Å². The Hall–Kier alpha value is 2.21. The first-order valence-corrected chi connectivity index (χ1v) is 3.02. The minimum Gasteiger partial charge on any atom is -1.00 e. The maximum atomic E-state index is 2.38. The predicted molar refractivity (Wildman–Crippen MR) is 37.6 cm³/mol. The van der Waals surface area contributed by atoms with E-state index in [-0.39, 0.29) is 93.7 Å². The summed E-state index contributed by atoms with van der Waals surface area (Å²) in [4.78, 5) is 1.68. The van der Waals surface area contributed by atoms with Gasteiger partial charge in [0.25, 0.3) is 0 Å². The fourth-order valence-corrected chi connectivity index (χ4v) is 0.966. The minimum absolute atomic E-state index is 0. The Morgan fingerprint density at radius 3 is 1.29 bits per heavy atom. The molecule has 0 aliphatic carbocycles. The molecule has 3 nitrogen and oxygen atoms in total. The molecule has 1 heterocycles. The first kappa shape index (κ1) is 44.2. The smallest absolute Gasteiger partial charge is 1.00 e. The molecule has 14 heavy (non-hydrogen) atoms. The molecule has 0 aromatic carbocycles. The molecule has 1 fully saturated rings. The molecule has 0 aromatic heterocycles. The van der Waals surface area contributed by atoms with Gasteiger partial charge in [0.05, 0.1) is 7.05 Å². The van der Waals surface area contributed by atoms with Crippen molar-refractivity contribution >= 4 is 26.2 Å². The molecule has 0 bridgehead atoms. The number of halogens is 5. The van der Waals surface area contributed by atoms with Crippen molar-refractivity contribution in [1.82, 2.24) is 0 Å². The number of nitrogens with one attached hydrogen (secondary N) is 1. The Bertz CT molecular complexity index is 70.1. The Kier molecular flexibility index (Phi) is 93.0. The van der Waals surface area contributed by atoms with Gasteiger partial charge in [0.1, 0.15) is 26.2 Å². The molecule has 0 amide bonds. The molecule has 1 rings (SSSR count). The summed E-state index contributed by atoms with van der Waals surface area (Å²) in [6, 6.07) is 0. The molecule has 1 aliphatic rings. The van der Waals surface area contributed by atoms with Crippen molar-refractivity contribution in [2.75, 3.05) is 33.2 Å². The standard InChI is InChI=1S/C5H12N2.Bi.5ClH.H2O/c1-7-4-2-6-3-5-7;;;;;;;/h6H,2-5H2,1H3;;5*1H;1H2/q;+3;;;;;;/p-3. The van der Waals surface area contributed by atoms with Gasteiger partial charge in [-0.1, -0.05) is 0 Å². The van der Waals surface area contributed by atoms with Crippen molar-refractivity contribution in [2.45, 2.75) is 0 Å². The monoisotopic (exact) mass is 504 g/mol. The van der Waals surface area contributed by atoms with Gasteiger partial charge < -0.3 is 77.7 Å². The zero-order valence-corrected chi connectivity index (χ0v) is 15.0. The van der Waals surface area contributed by atoms with Crippen LogP contribution in [0.3, 0.4) is 0 Å². The van der Waals surface area contributed by atoms with Gasteiger partial charge >= 0.3 is 26.2 Å². The van der Waals surface area contributed by atoms with E-state index < -0.39 is 0 Å². The average molecular weight is 506 g/mol. The SMILES string of the molecule is C[NH+]1CC[NH2+]CC1.O.[Bi+3].[Cl-].[Cl-].[Cl-].[Cl-].[Cl-]. The van der Waals surface area contributed by atoms with Crippen LogP contribution in [0.1, 0.15) is 0 Å². The van der Waals surface area contributed by atoms with Crippen LogP contribution >= 0.6 is 0 Å². The number of hydrogen-bond acceptors (Lipinski definition) is 0. The van der Waals surface area contributed by atoms with E-state index in [2.05, 4.69) is 12.4 Å². The summed E-state index contributed by atoms with van der Waals surface area (Å²) >= 11 is 0. The summed E-state index contributed by atoms with van der Waals surface area (Å²) < 4.78 is 0. The second-order valence-corrected chi connectivity index (χ2v) is 2.32. The molecular weight excluding hydrogens is 490 g/mol. The van der Waals surface area contributed by atoms with Gasteiger partial charge in [0, 0.05) is 0 Å². The number of hydrogen-bond donors (Lipinski definition) is 2. The van der Waals surface area contributed by atoms with Crippen LogP contribution in [0.5, 0.6) is 0 Å². The normalized spacial score (nSPS) is 12.6. The van der Waals surface area contributed by atoms with Gasteiger partial charge in [-0.2, -0.15) is 0 Å². The second-order valence-electron chi connectivity index (χ2n) is 2.32. The van der Waals surface area contributed by atoms with Gasteiger partial charge in [0.15, 0.2) is 0 Å². The van der Waals surface area contributed by atoms with Crippen LogP contribution in [0.25, 0.3) is 0 Å². The molecule has 0 atom stereocenters. The maximum absolute atomic E-state index is 2.38. The van der Waals surface area contributed by atoms with Crippen LogP contribution in [0, 0.1) is 0 Å². The van der Waals surface area contributed by atoms with E-state index >= 15 is 0 Å². The summed E-state index contributed by atoms with van der Waals surface area (Å²) in [6.45, 7) is 5.34. The third-order valence-corrected chi connectivity index (χ3v) is 1.55. The zero-order valence-electron chi connectivity index (χ0n) is 7.74. The molecular formula is C5H16BiCl5N2O. The van der Waals surface area contributed by atoms with Crippen LogP contribution in [0.4, 0.5) is 0 Å². The fraction of sp³-hybridized carbons (Fsp3) is 1.00. The van der Waals surface area contributed by atoms with E-state index in [4.69, 9.17) is 0 Å². The molecule has 0 unspecified atom stereocenters. The number of rotatable bonds is 0. The number of quaternary nitrogens is 2. The van der Waals surface area contributed by atoms with Crippen LogP contribution in [-0.2, 0) is 0 Å². The van der Waals surface area contributed by atoms with Gasteiger partial charge in [-0.05, 0) is 0 Å². The molecule has 0 spiro atoms. The Morgan fingerprint density at radius 1 is 0.857 bits per heavy atom. The van der Waals surface area contributed by atoms with Crippen molar-refractivity contribution in [3.05, 3.63) is 0 Å². The number of nitrogens with two attached hydrogens (primary N) is 1. The first-order chi connectivity index (χ1) is 3.39. The predicted octanol–water partition coefficient (Wildman–Crippen LogP) is -19.1. The van der Waals surface area contributed by atoms with Gasteiger partial charge in [-0.25, -0.2) is 0 Å². The molecule has 2 radical (unpaired) electrons. The Balaban J connectivity index is -0.0000000140. The molecule has 1 saturated heterocycles. The Morgan fingerprint density at radius 2 is 1.14 bits per heavy atom. The summed E-state index contributed by atoms with van der Waals surface area (Å²) in [6.07, 6.45) is 0. The van der Waals surface area contributed by atoms with Gasteiger partial charge in [-0.15, -0.1) is 0 Å². The van der Waals surface area contributed by atoms with E-state index in [1.807, 2.05) is 0 Å². The molecule has 0 saturated carbocycles. The summed E-state index contributed by atoms with van der Waals surface area (Å²) in [5.41, 5.74) is 0. The van der Waals surface area contributed by atoms with Gasteiger partial charge in [-0.3, -0.25) is 0 Å². The van der Waals surface area contributed by atoms with Crippen LogP contribution in [0.2, 0.25) is 0 Å². The van der Waals surface area contributed by atoms with Crippen molar-refractivity contribution < 1.29 is 77.7 Å². The molecule has 0 aromatic rings. The topological polar surface area (TPSA) is 52.5 Å². The third kappa shape index (κ3) is 23.8. The quantitative estimate of drug-likeness (QED) is 0.307. The Labute approximate surface area is 136 Å². The van der Waals surface area contributed by atoms with Gasteiger partial charge in [0.2, 0.25) is 0 Å². The maximum Gasteiger partial charge on any atom is 3.00 e. The molecule has 1 aliphatic heterocycles. The average Bonchev–Trinajstić information content (AvgIpc) is 1.69. The zero-order chi connectivity index (χ0) is 5.11. The largest absolute Gasteiger partial charge is 3.00 e. The minimum atomic E-state index is 0. The summed E-state index contributed by atoms with van der Waals surface area (Å²) in [5.74, 6) is 0. The van der Waals surface area contributed by atoms with E-state index in [9.17, 15) is 0 Å². The number of piperazine rings is 1. The van der Waals surface area contributed by atoms with E-state index in [0.717, 1.165) is 0 Å². The fourth-order valence-electron chi connectivity index (χ4n) is 0.966. The summed E-state index contributed by atoms with van der Waals surface area (Å²) in [5, 5.41) is 2.38. The van der Waals surface area contributed by atoms with Crippen molar-refractivity contribution in [3.63, 3.8) is 0 Å². The van der Waals surface area contributed by atoms with Crippen LogP contribution in [0.15, 0.2) is 0 Å². The molecule has 9 heteroatoms. The molecule has 5 N–H and O–H groups in total. The van der Waals surface area contributed by atoms with Crippen molar-refractivity contribution in [2.24, 2.45) is 0 Å². The summed E-state index contributed by atoms with van der Waals surface area (Å²) in [7, 11) is 2.26. The van der Waals surface area contributed by atoms with E-state index in [0.29, 0.717) is 0 Å². The van der Waals surface area contributed by atoms with Crippen molar-refractivity contribution in [3.8, 4) is 0 Å². The number of likely N-dealkylation sites (N-methyl/N-ethyl adjacent to an activating group) is 1. The van der Waals surface area contributed by atoms with Crippen LogP contribution < -0.4 is 72.3 Å². The first-order valence-electron chi connectivity index (χ1n) is 3.02. The van der Waals surface area contributed by atoms with Crippen LogP contribution in [-0.4, -0.2) is 64.9 Å². The second kappa shape index (κ2) is 29.5.